The third-order valence-corrected chi connectivity index (χ3v) is 4.31. The Balaban J connectivity index is 1.87. The van der Waals surface area contributed by atoms with Gasteiger partial charge in [-0.2, -0.15) is 5.10 Å². The number of amides is 1. The SMILES string of the molecule is COC[C@H](C)N=C(NC(=O)c1cccc(Cl)c1)Nc1n[nH]c2cc(Cl)ccc12. The summed E-state index contributed by atoms with van der Waals surface area (Å²) in [5.41, 5.74) is 1.18. The van der Waals surface area contributed by atoms with E-state index < -0.39 is 0 Å². The molecule has 3 N–H and O–H groups in total. The van der Waals surface area contributed by atoms with Gasteiger partial charge in [0.25, 0.3) is 5.91 Å². The van der Waals surface area contributed by atoms with Gasteiger partial charge in [-0.05, 0) is 43.3 Å². The highest BCUT2D eigenvalue weighted by Crippen LogP contribution is 2.23. The number of carbonyl (C=O) groups is 1. The number of benzene rings is 2. The molecule has 0 saturated heterocycles. The second kappa shape index (κ2) is 9.05. The van der Waals surface area contributed by atoms with Crippen molar-refractivity contribution in [2.75, 3.05) is 19.0 Å². The first-order chi connectivity index (χ1) is 13.5. The number of aliphatic imine (C=N–C) groups is 1. The molecule has 1 aromatic heterocycles. The van der Waals surface area contributed by atoms with Gasteiger partial charge >= 0.3 is 0 Å². The van der Waals surface area contributed by atoms with E-state index in [2.05, 4.69) is 25.8 Å². The number of fused-ring (bicyclic) bond motifs is 1. The van der Waals surface area contributed by atoms with Crippen LogP contribution in [0.25, 0.3) is 10.9 Å². The molecule has 0 bridgehead atoms. The van der Waals surface area contributed by atoms with Crippen LogP contribution in [-0.4, -0.2) is 41.8 Å². The number of carbonyl (C=O) groups excluding carboxylic acids is 1. The van der Waals surface area contributed by atoms with Crippen molar-refractivity contribution in [3.63, 3.8) is 0 Å². The third-order valence-electron chi connectivity index (χ3n) is 3.84. The number of hydrogen-bond acceptors (Lipinski definition) is 4. The summed E-state index contributed by atoms with van der Waals surface area (Å²) in [6.07, 6.45) is 0. The fourth-order valence-electron chi connectivity index (χ4n) is 2.60. The lowest BCUT2D eigenvalue weighted by molar-refractivity contribution is 0.0976. The summed E-state index contributed by atoms with van der Waals surface area (Å²) >= 11 is 12.0. The first-order valence-corrected chi connectivity index (χ1v) is 9.26. The van der Waals surface area contributed by atoms with E-state index in [9.17, 15) is 4.79 Å². The lowest BCUT2D eigenvalue weighted by atomic mass is 10.2. The van der Waals surface area contributed by atoms with Crippen molar-refractivity contribution < 1.29 is 9.53 Å². The number of nitrogens with zero attached hydrogens (tertiary/aromatic N) is 2. The van der Waals surface area contributed by atoms with E-state index in [1.54, 1.807) is 43.5 Å². The van der Waals surface area contributed by atoms with E-state index in [1.165, 1.54) is 0 Å². The first kappa shape index (κ1) is 20.1. The number of aromatic amines is 1. The summed E-state index contributed by atoms with van der Waals surface area (Å²) < 4.78 is 5.13. The Morgan fingerprint density at radius 2 is 2.04 bits per heavy atom. The van der Waals surface area contributed by atoms with Crippen LogP contribution in [0.1, 0.15) is 17.3 Å². The number of hydrogen-bond donors (Lipinski definition) is 3. The predicted molar refractivity (Wildman–Crippen MR) is 112 cm³/mol. The van der Waals surface area contributed by atoms with Crippen LogP contribution in [0.5, 0.6) is 0 Å². The highest BCUT2D eigenvalue weighted by atomic mass is 35.5. The lowest BCUT2D eigenvalue weighted by Crippen LogP contribution is -2.37. The maximum atomic E-state index is 12.6. The Morgan fingerprint density at radius 1 is 1.25 bits per heavy atom. The molecule has 0 fully saturated rings. The van der Waals surface area contributed by atoms with Crippen molar-refractivity contribution in [2.45, 2.75) is 13.0 Å². The molecule has 146 valence electrons. The van der Waals surface area contributed by atoms with Gasteiger partial charge in [-0.25, -0.2) is 4.99 Å². The van der Waals surface area contributed by atoms with Crippen molar-refractivity contribution in [1.82, 2.24) is 15.5 Å². The van der Waals surface area contributed by atoms with E-state index in [1.807, 2.05) is 13.0 Å². The monoisotopic (exact) mass is 419 g/mol. The molecular weight excluding hydrogens is 401 g/mol. The molecule has 0 spiro atoms. The molecular formula is C19H19Cl2N5O2. The Kier molecular flexibility index (Phi) is 6.51. The van der Waals surface area contributed by atoms with Gasteiger partial charge in [-0.1, -0.05) is 29.3 Å². The van der Waals surface area contributed by atoms with E-state index in [0.717, 1.165) is 10.9 Å². The van der Waals surface area contributed by atoms with Crippen LogP contribution in [0, 0.1) is 0 Å². The number of halogens is 2. The Morgan fingerprint density at radius 3 is 2.79 bits per heavy atom. The maximum Gasteiger partial charge on any atom is 0.258 e. The summed E-state index contributed by atoms with van der Waals surface area (Å²) in [5, 5.41) is 14.9. The van der Waals surface area contributed by atoms with Gasteiger partial charge in [0.1, 0.15) is 0 Å². The molecule has 28 heavy (non-hydrogen) atoms. The molecule has 0 aliphatic carbocycles. The molecule has 0 aliphatic heterocycles. The molecule has 1 atom stereocenters. The smallest absolute Gasteiger partial charge is 0.258 e. The molecule has 3 aromatic rings. The number of aromatic nitrogens is 2. The number of anilines is 1. The summed E-state index contributed by atoms with van der Waals surface area (Å²) in [4.78, 5) is 17.1. The molecule has 7 nitrogen and oxygen atoms in total. The van der Waals surface area contributed by atoms with Crippen LogP contribution < -0.4 is 10.6 Å². The van der Waals surface area contributed by atoms with Gasteiger partial charge in [0.15, 0.2) is 5.82 Å². The zero-order valence-electron chi connectivity index (χ0n) is 15.3. The van der Waals surface area contributed by atoms with Crippen LogP contribution in [0.15, 0.2) is 47.5 Å². The van der Waals surface area contributed by atoms with Gasteiger partial charge in [0, 0.05) is 28.1 Å². The van der Waals surface area contributed by atoms with Crippen LogP contribution in [0.4, 0.5) is 5.82 Å². The normalized spacial score (nSPS) is 12.8. The van der Waals surface area contributed by atoms with Gasteiger partial charge in [0.2, 0.25) is 5.96 Å². The van der Waals surface area contributed by atoms with E-state index in [0.29, 0.717) is 28.0 Å². The summed E-state index contributed by atoms with van der Waals surface area (Å²) in [6.45, 7) is 2.27. The fourth-order valence-corrected chi connectivity index (χ4v) is 2.97. The number of nitrogens with one attached hydrogen (secondary N) is 3. The van der Waals surface area contributed by atoms with E-state index in [4.69, 9.17) is 27.9 Å². The molecule has 9 heteroatoms. The number of H-pyrrole nitrogens is 1. The number of guanidine groups is 1. The summed E-state index contributed by atoms with van der Waals surface area (Å²) in [6, 6.07) is 11.8. The molecule has 0 unspecified atom stereocenters. The molecule has 0 aliphatic rings. The second-order valence-electron chi connectivity index (χ2n) is 6.13. The van der Waals surface area contributed by atoms with Crippen LogP contribution in [0.3, 0.4) is 0 Å². The number of methoxy groups -OCH3 is 1. The van der Waals surface area contributed by atoms with Crippen LogP contribution in [-0.2, 0) is 4.74 Å². The Labute approximate surface area is 172 Å². The third kappa shape index (κ3) is 5.01. The number of rotatable bonds is 5. The van der Waals surface area contributed by atoms with Crippen LogP contribution >= 0.6 is 23.2 Å². The minimum absolute atomic E-state index is 0.188. The maximum absolute atomic E-state index is 12.6. The van der Waals surface area contributed by atoms with E-state index in [-0.39, 0.29) is 17.9 Å². The zero-order chi connectivity index (χ0) is 20.1. The van der Waals surface area contributed by atoms with Crippen molar-refractivity contribution in [3.05, 3.63) is 58.1 Å². The average Bonchev–Trinajstić information content (AvgIpc) is 3.03. The second-order valence-corrected chi connectivity index (χ2v) is 7.01. The summed E-state index contributed by atoms with van der Waals surface area (Å²) in [7, 11) is 1.59. The fraction of sp³-hybridized carbons (Fsp3) is 0.211. The molecule has 0 radical (unpaired) electrons. The highest BCUT2D eigenvalue weighted by molar-refractivity contribution is 6.31. The molecule has 3 rings (SSSR count). The van der Waals surface area contributed by atoms with Gasteiger partial charge in [0.05, 0.1) is 18.2 Å². The Bertz CT molecular complexity index is 1020. The molecule has 1 heterocycles. The topological polar surface area (TPSA) is 91.4 Å². The van der Waals surface area contributed by atoms with E-state index >= 15 is 0 Å². The zero-order valence-corrected chi connectivity index (χ0v) is 16.8. The van der Waals surface area contributed by atoms with Gasteiger partial charge in [-0.15, -0.1) is 0 Å². The minimum Gasteiger partial charge on any atom is -0.382 e. The van der Waals surface area contributed by atoms with Gasteiger partial charge in [-0.3, -0.25) is 15.2 Å². The van der Waals surface area contributed by atoms with Crippen molar-refractivity contribution in [3.8, 4) is 0 Å². The minimum atomic E-state index is -0.346. The quantitative estimate of drug-likeness (QED) is 0.428. The van der Waals surface area contributed by atoms with Crippen molar-refractivity contribution >= 4 is 51.8 Å². The van der Waals surface area contributed by atoms with Crippen molar-refractivity contribution in [1.29, 1.82) is 0 Å². The molecule has 0 saturated carbocycles. The molecule has 2 aromatic carbocycles. The molecule has 1 amide bonds. The van der Waals surface area contributed by atoms with Gasteiger partial charge < -0.3 is 10.1 Å². The van der Waals surface area contributed by atoms with Crippen molar-refractivity contribution in [2.24, 2.45) is 4.99 Å². The predicted octanol–water partition coefficient (Wildman–Crippen LogP) is 4.10. The number of ether oxygens (including phenoxy) is 1. The average molecular weight is 420 g/mol. The van der Waals surface area contributed by atoms with Crippen LogP contribution in [0.2, 0.25) is 10.0 Å². The lowest BCUT2D eigenvalue weighted by Gasteiger charge is -2.13. The first-order valence-electron chi connectivity index (χ1n) is 8.50. The summed E-state index contributed by atoms with van der Waals surface area (Å²) in [5.74, 6) is 0.417. The Hall–Kier alpha value is -2.61. The largest absolute Gasteiger partial charge is 0.382 e. The standard InChI is InChI=1S/C19H19Cl2N5O2/c1-11(10-28-2)22-19(24-18(27)12-4-3-5-13(20)8-12)23-17-15-7-6-14(21)9-16(15)25-26-17/h3-9,11H,10H2,1-2H3,(H3,22,23,24,25,26,27)/t11-/m0/s1. The highest BCUT2D eigenvalue weighted by Gasteiger charge is 2.14.